The van der Waals surface area contributed by atoms with Gasteiger partial charge in [-0.3, -0.25) is 4.79 Å². The van der Waals surface area contributed by atoms with E-state index in [9.17, 15) is 4.79 Å². The zero-order valence-corrected chi connectivity index (χ0v) is 7.73. The fraction of sp³-hybridized carbons (Fsp3) is 0.900. The van der Waals surface area contributed by atoms with Crippen molar-refractivity contribution in [2.24, 2.45) is 5.41 Å². The standard InChI is InChI=1S/C10H17NO/c1-2-9(12)8-6-10(7-11-8)4-3-5-10/h8,11H,2-7H2,1H3. The first-order valence-corrected chi connectivity index (χ1v) is 5.02. The van der Waals surface area contributed by atoms with Gasteiger partial charge in [0.15, 0.2) is 0 Å². The molecule has 2 aliphatic rings. The van der Waals surface area contributed by atoms with Crippen LogP contribution in [0.1, 0.15) is 39.0 Å². The summed E-state index contributed by atoms with van der Waals surface area (Å²) in [6.45, 7) is 3.04. The topological polar surface area (TPSA) is 29.1 Å². The molecule has 1 heterocycles. The van der Waals surface area contributed by atoms with Gasteiger partial charge < -0.3 is 5.32 Å². The van der Waals surface area contributed by atoms with E-state index in [-0.39, 0.29) is 6.04 Å². The Morgan fingerprint density at radius 3 is 2.75 bits per heavy atom. The molecule has 2 rings (SSSR count). The molecule has 2 fully saturated rings. The minimum atomic E-state index is 0.190. The molecule has 1 spiro atoms. The van der Waals surface area contributed by atoms with E-state index < -0.39 is 0 Å². The minimum Gasteiger partial charge on any atom is -0.307 e. The first-order chi connectivity index (χ1) is 5.76. The van der Waals surface area contributed by atoms with Crippen LogP contribution in [0.2, 0.25) is 0 Å². The molecule has 1 saturated carbocycles. The third kappa shape index (κ3) is 1.18. The lowest BCUT2D eigenvalue weighted by Crippen LogP contribution is -2.31. The lowest BCUT2D eigenvalue weighted by molar-refractivity contribution is -0.120. The molecule has 1 N–H and O–H groups in total. The predicted molar refractivity (Wildman–Crippen MR) is 48.0 cm³/mol. The average Bonchev–Trinajstić information content (AvgIpc) is 2.46. The summed E-state index contributed by atoms with van der Waals surface area (Å²) in [7, 11) is 0. The van der Waals surface area contributed by atoms with E-state index in [2.05, 4.69) is 5.32 Å². The molecular formula is C10H17NO. The van der Waals surface area contributed by atoms with Gasteiger partial charge in [0.2, 0.25) is 0 Å². The summed E-state index contributed by atoms with van der Waals surface area (Å²) in [4.78, 5) is 11.4. The second-order valence-electron chi connectivity index (χ2n) is 4.31. The monoisotopic (exact) mass is 167 g/mol. The quantitative estimate of drug-likeness (QED) is 0.675. The highest BCUT2D eigenvalue weighted by Gasteiger charge is 2.44. The molecule has 0 aromatic heterocycles. The number of carbonyl (C=O) groups is 1. The lowest BCUT2D eigenvalue weighted by Gasteiger charge is -2.37. The molecule has 0 bridgehead atoms. The highest BCUT2D eigenvalue weighted by molar-refractivity contribution is 5.84. The average molecular weight is 167 g/mol. The zero-order chi connectivity index (χ0) is 8.60. The van der Waals surface area contributed by atoms with Crippen LogP contribution in [0.3, 0.4) is 0 Å². The van der Waals surface area contributed by atoms with Crippen LogP contribution in [0.5, 0.6) is 0 Å². The van der Waals surface area contributed by atoms with E-state index in [1.54, 1.807) is 0 Å². The van der Waals surface area contributed by atoms with Gasteiger partial charge in [0, 0.05) is 13.0 Å². The van der Waals surface area contributed by atoms with E-state index in [0.717, 1.165) is 13.0 Å². The Morgan fingerprint density at radius 1 is 1.58 bits per heavy atom. The van der Waals surface area contributed by atoms with Crippen LogP contribution in [0, 0.1) is 5.41 Å². The molecule has 68 valence electrons. The van der Waals surface area contributed by atoms with Crippen LogP contribution in [0.25, 0.3) is 0 Å². The molecule has 1 unspecified atom stereocenters. The van der Waals surface area contributed by atoms with Crippen molar-refractivity contribution < 1.29 is 4.79 Å². The van der Waals surface area contributed by atoms with E-state index >= 15 is 0 Å². The van der Waals surface area contributed by atoms with Gasteiger partial charge in [-0.15, -0.1) is 0 Å². The van der Waals surface area contributed by atoms with Crippen LogP contribution in [0.15, 0.2) is 0 Å². The van der Waals surface area contributed by atoms with Gasteiger partial charge in [-0.25, -0.2) is 0 Å². The Bertz CT molecular complexity index is 196. The Kier molecular flexibility index (Phi) is 1.95. The minimum absolute atomic E-state index is 0.190. The van der Waals surface area contributed by atoms with Gasteiger partial charge in [-0.05, 0) is 24.7 Å². The van der Waals surface area contributed by atoms with Crippen molar-refractivity contribution in [2.45, 2.75) is 45.1 Å². The number of carbonyl (C=O) groups excluding carboxylic acids is 1. The molecule has 1 saturated heterocycles. The SMILES string of the molecule is CCC(=O)C1CC2(CCC2)CN1. The second-order valence-corrected chi connectivity index (χ2v) is 4.31. The maximum Gasteiger partial charge on any atom is 0.149 e. The van der Waals surface area contributed by atoms with E-state index in [1.807, 2.05) is 6.92 Å². The van der Waals surface area contributed by atoms with Crippen molar-refractivity contribution >= 4 is 5.78 Å². The summed E-state index contributed by atoms with van der Waals surface area (Å²) in [6, 6.07) is 0.190. The predicted octanol–water partition coefficient (Wildman–Crippen LogP) is 1.50. The molecule has 0 amide bonds. The molecule has 0 aromatic rings. The largest absolute Gasteiger partial charge is 0.307 e. The van der Waals surface area contributed by atoms with Crippen LogP contribution in [-0.2, 0) is 4.79 Å². The molecular weight excluding hydrogens is 150 g/mol. The van der Waals surface area contributed by atoms with E-state index in [0.29, 0.717) is 17.6 Å². The molecule has 2 heteroatoms. The Morgan fingerprint density at radius 2 is 2.33 bits per heavy atom. The van der Waals surface area contributed by atoms with Crippen LogP contribution in [-0.4, -0.2) is 18.4 Å². The second kappa shape index (κ2) is 2.84. The smallest absolute Gasteiger partial charge is 0.149 e. The van der Waals surface area contributed by atoms with Crippen LogP contribution >= 0.6 is 0 Å². The van der Waals surface area contributed by atoms with Crippen molar-refractivity contribution in [1.82, 2.24) is 5.32 Å². The van der Waals surface area contributed by atoms with Crippen molar-refractivity contribution in [3.63, 3.8) is 0 Å². The Labute approximate surface area is 73.7 Å². The molecule has 2 nitrogen and oxygen atoms in total. The van der Waals surface area contributed by atoms with Gasteiger partial charge in [0.25, 0.3) is 0 Å². The maximum atomic E-state index is 11.4. The summed E-state index contributed by atoms with van der Waals surface area (Å²) >= 11 is 0. The van der Waals surface area contributed by atoms with Gasteiger partial charge in [-0.2, -0.15) is 0 Å². The highest BCUT2D eigenvalue weighted by atomic mass is 16.1. The van der Waals surface area contributed by atoms with Crippen molar-refractivity contribution in [1.29, 1.82) is 0 Å². The van der Waals surface area contributed by atoms with Gasteiger partial charge in [0.1, 0.15) is 5.78 Å². The summed E-state index contributed by atoms with van der Waals surface area (Å²) in [5, 5.41) is 3.35. The summed E-state index contributed by atoms with van der Waals surface area (Å²) in [5.41, 5.74) is 0.537. The summed E-state index contributed by atoms with van der Waals surface area (Å²) < 4.78 is 0. The highest BCUT2D eigenvalue weighted by Crippen LogP contribution is 2.47. The molecule has 1 atom stereocenters. The number of hydrogen-bond donors (Lipinski definition) is 1. The number of Topliss-reactive ketones (excluding diaryl/α,β-unsaturated/α-hetero) is 1. The van der Waals surface area contributed by atoms with Gasteiger partial charge >= 0.3 is 0 Å². The number of rotatable bonds is 2. The first-order valence-electron chi connectivity index (χ1n) is 5.02. The first kappa shape index (κ1) is 8.24. The molecule has 1 aliphatic heterocycles. The van der Waals surface area contributed by atoms with E-state index in [4.69, 9.17) is 0 Å². The normalized spacial score (nSPS) is 31.9. The molecule has 0 radical (unpaired) electrons. The third-order valence-electron chi connectivity index (χ3n) is 3.51. The van der Waals surface area contributed by atoms with E-state index in [1.165, 1.54) is 19.3 Å². The number of nitrogens with one attached hydrogen (secondary N) is 1. The Hall–Kier alpha value is -0.370. The molecule has 12 heavy (non-hydrogen) atoms. The lowest BCUT2D eigenvalue weighted by atomic mass is 9.67. The fourth-order valence-electron chi connectivity index (χ4n) is 2.45. The van der Waals surface area contributed by atoms with Crippen LogP contribution in [0.4, 0.5) is 0 Å². The fourth-order valence-corrected chi connectivity index (χ4v) is 2.45. The van der Waals surface area contributed by atoms with Crippen molar-refractivity contribution in [3.05, 3.63) is 0 Å². The molecule has 0 aromatic carbocycles. The maximum absolute atomic E-state index is 11.4. The summed E-state index contributed by atoms with van der Waals surface area (Å²) in [5.74, 6) is 0.402. The van der Waals surface area contributed by atoms with Crippen LogP contribution < -0.4 is 5.32 Å². The van der Waals surface area contributed by atoms with Crippen molar-refractivity contribution in [2.75, 3.05) is 6.54 Å². The Balaban J connectivity index is 1.93. The molecule has 1 aliphatic carbocycles. The van der Waals surface area contributed by atoms with Crippen molar-refractivity contribution in [3.8, 4) is 0 Å². The number of hydrogen-bond acceptors (Lipinski definition) is 2. The third-order valence-corrected chi connectivity index (χ3v) is 3.51. The van der Waals surface area contributed by atoms with Gasteiger partial charge in [-0.1, -0.05) is 13.3 Å². The zero-order valence-electron chi connectivity index (χ0n) is 7.73. The van der Waals surface area contributed by atoms with Gasteiger partial charge in [0.05, 0.1) is 6.04 Å². The summed E-state index contributed by atoms with van der Waals surface area (Å²) in [6.07, 6.45) is 5.85. The number of ketones is 1.